The van der Waals surface area contributed by atoms with Crippen LogP contribution >= 0.6 is 0 Å². The number of amides is 1. The van der Waals surface area contributed by atoms with Gasteiger partial charge in [0.2, 0.25) is 5.91 Å². The third-order valence-corrected chi connectivity index (χ3v) is 6.57. The van der Waals surface area contributed by atoms with Gasteiger partial charge in [0.25, 0.3) is 5.56 Å². The molecule has 2 saturated heterocycles. The molecule has 2 aromatic rings. The van der Waals surface area contributed by atoms with Crippen molar-refractivity contribution in [3.05, 3.63) is 51.9 Å². The summed E-state index contributed by atoms with van der Waals surface area (Å²) >= 11 is 0. The Labute approximate surface area is 206 Å². The van der Waals surface area contributed by atoms with E-state index in [1.807, 2.05) is 17.2 Å². The van der Waals surface area contributed by atoms with Gasteiger partial charge < -0.3 is 19.4 Å². The summed E-state index contributed by atoms with van der Waals surface area (Å²) in [7, 11) is 0. The Kier molecular flexibility index (Phi) is 7.79. The second-order valence-corrected chi connectivity index (χ2v) is 8.80. The number of H-pyrrole nitrogens is 1. The molecule has 0 aliphatic carbocycles. The Morgan fingerprint density at radius 3 is 2.56 bits per heavy atom. The van der Waals surface area contributed by atoms with Gasteiger partial charge in [-0.15, -0.1) is 0 Å². The van der Waals surface area contributed by atoms with E-state index in [0.29, 0.717) is 51.1 Å². The highest BCUT2D eigenvalue weighted by molar-refractivity contribution is 5.76. The van der Waals surface area contributed by atoms with E-state index in [-0.39, 0.29) is 37.3 Å². The Balaban J connectivity index is 1.24. The number of nitrogens with one attached hydrogen (secondary N) is 1. The van der Waals surface area contributed by atoms with E-state index in [4.69, 9.17) is 10.00 Å². The molecule has 1 aromatic carbocycles. The topological polar surface area (TPSA) is 106 Å². The summed E-state index contributed by atoms with van der Waals surface area (Å²) in [5.41, 5.74) is -1.15. The van der Waals surface area contributed by atoms with E-state index in [1.54, 1.807) is 17.0 Å². The molecule has 1 atom stereocenters. The number of hydrogen-bond donors (Lipinski definition) is 1. The summed E-state index contributed by atoms with van der Waals surface area (Å²) in [5, 5.41) is 14.3. The maximum absolute atomic E-state index is 13.5. The van der Waals surface area contributed by atoms with E-state index in [2.05, 4.69) is 16.1 Å². The lowest BCUT2D eigenvalue weighted by Gasteiger charge is -2.36. The standard InChI is InChI=1S/C24H27F3N6O3/c25-24(26,27)22-20(15-29-30-23(22)35)33-8-1-2-19(33)16-36-13-7-21(34)32-11-9-31(10-12-32)18-5-3-17(14-28)4-6-18/h3-6,15,19H,1-2,7-13,16H2,(H,30,35)/t19-/m0/s1. The number of piperazine rings is 1. The van der Waals surface area contributed by atoms with Crippen LogP contribution in [0.15, 0.2) is 35.3 Å². The first-order chi connectivity index (χ1) is 17.3. The van der Waals surface area contributed by atoms with Crippen molar-refractivity contribution in [2.24, 2.45) is 0 Å². The number of benzene rings is 1. The Morgan fingerprint density at radius 2 is 1.89 bits per heavy atom. The largest absolute Gasteiger partial charge is 0.423 e. The smallest absolute Gasteiger partial charge is 0.379 e. The summed E-state index contributed by atoms with van der Waals surface area (Å²) in [6, 6.07) is 9.10. The molecule has 4 rings (SSSR count). The molecule has 1 aromatic heterocycles. The van der Waals surface area contributed by atoms with Crippen LogP contribution in [0.2, 0.25) is 0 Å². The first-order valence-corrected chi connectivity index (χ1v) is 11.8. The fourth-order valence-electron chi connectivity index (χ4n) is 4.70. The highest BCUT2D eigenvalue weighted by Gasteiger charge is 2.40. The average Bonchev–Trinajstić information content (AvgIpc) is 3.34. The fourth-order valence-corrected chi connectivity index (χ4v) is 4.70. The van der Waals surface area contributed by atoms with E-state index in [0.717, 1.165) is 11.9 Å². The molecular formula is C24H27F3N6O3. The second-order valence-electron chi connectivity index (χ2n) is 8.80. The second kappa shape index (κ2) is 11.0. The van der Waals surface area contributed by atoms with Crippen LogP contribution in [0.25, 0.3) is 0 Å². The fraction of sp³-hybridized carbons (Fsp3) is 0.500. The molecule has 0 spiro atoms. The van der Waals surface area contributed by atoms with Crippen molar-refractivity contribution in [2.45, 2.75) is 31.5 Å². The molecule has 0 bridgehead atoms. The summed E-state index contributed by atoms with van der Waals surface area (Å²) in [5.74, 6) is -0.0316. The molecule has 0 radical (unpaired) electrons. The molecule has 2 aliphatic rings. The van der Waals surface area contributed by atoms with Gasteiger partial charge in [-0.25, -0.2) is 5.10 Å². The molecule has 9 nitrogen and oxygen atoms in total. The van der Waals surface area contributed by atoms with Crippen LogP contribution in [0.3, 0.4) is 0 Å². The van der Waals surface area contributed by atoms with Crippen molar-refractivity contribution in [1.82, 2.24) is 15.1 Å². The number of anilines is 2. The number of ether oxygens (including phenoxy) is 1. The average molecular weight is 505 g/mol. The zero-order chi connectivity index (χ0) is 25.7. The quantitative estimate of drug-likeness (QED) is 0.578. The molecule has 36 heavy (non-hydrogen) atoms. The lowest BCUT2D eigenvalue weighted by molar-refractivity contribution is -0.138. The molecule has 0 saturated carbocycles. The number of hydrogen-bond acceptors (Lipinski definition) is 7. The number of aromatic amines is 1. The monoisotopic (exact) mass is 504 g/mol. The van der Waals surface area contributed by atoms with Crippen molar-refractivity contribution in [3.63, 3.8) is 0 Å². The summed E-state index contributed by atoms with van der Waals surface area (Å²) in [6.45, 7) is 3.20. The predicted molar refractivity (Wildman–Crippen MR) is 126 cm³/mol. The van der Waals surface area contributed by atoms with Crippen LogP contribution in [-0.4, -0.2) is 73.0 Å². The lowest BCUT2D eigenvalue weighted by Crippen LogP contribution is -2.49. The Hall–Kier alpha value is -3.59. The Bertz CT molecular complexity index is 1150. The van der Waals surface area contributed by atoms with E-state index in [9.17, 15) is 22.8 Å². The zero-order valence-corrected chi connectivity index (χ0v) is 19.6. The first kappa shape index (κ1) is 25.5. The maximum Gasteiger partial charge on any atom is 0.423 e. The molecule has 1 N–H and O–H groups in total. The SMILES string of the molecule is N#Cc1ccc(N2CCN(C(=O)CCOC[C@@H]3CCCN3c3cn[nH]c(=O)c3C(F)(F)F)CC2)cc1. The third kappa shape index (κ3) is 5.79. The molecule has 1 amide bonds. The van der Waals surface area contributed by atoms with Crippen molar-refractivity contribution < 1.29 is 22.7 Å². The van der Waals surface area contributed by atoms with Gasteiger partial charge in [-0.3, -0.25) is 9.59 Å². The lowest BCUT2D eigenvalue weighted by atomic mass is 10.2. The molecule has 0 unspecified atom stereocenters. The number of rotatable bonds is 7. The van der Waals surface area contributed by atoms with Crippen molar-refractivity contribution in [2.75, 3.05) is 55.7 Å². The zero-order valence-electron chi connectivity index (χ0n) is 19.6. The predicted octanol–water partition coefficient (Wildman–Crippen LogP) is 2.38. The number of alkyl halides is 3. The first-order valence-electron chi connectivity index (χ1n) is 11.8. The van der Waals surface area contributed by atoms with Gasteiger partial charge in [0, 0.05) is 38.4 Å². The molecule has 12 heteroatoms. The van der Waals surface area contributed by atoms with E-state index in [1.165, 1.54) is 4.90 Å². The summed E-state index contributed by atoms with van der Waals surface area (Å²) in [4.78, 5) is 29.9. The van der Waals surface area contributed by atoms with Gasteiger partial charge in [-0.1, -0.05) is 0 Å². The van der Waals surface area contributed by atoms with Gasteiger partial charge in [0.1, 0.15) is 5.56 Å². The number of carbonyl (C=O) groups is 1. The minimum absolute atomic E-state index is 0.0316. The number of halogens is 3. The minimum Gasteiger partial charge on any atom is -0.379 e. The number of carbonyl (C=O) groups excluding carboxylic acids is 1. The van der Waals surface area contributed by atoms with Crippen LogP contribution in [-0.2, 0) is 15.7 Å². The van der Waals surface area contributed by atoms with Crippen LogP contribution < -0.4 is 15.4 Å². The van der Waals surface area contributed by atoms with Crippen molar-refractivity contribution >= 4 is 17.3 Å². The molecule has 3 heterocycles. The van der Waals surface area contributed by atoms with Gasteiger partial charge in [0.15, 0.2) is 0 Å². The molecule has 2 aliphatic heterocycles. The van der Waals surface area contributed by atoms with Gasteiger partial charge in [-0.2, -0.15) is 23.5 Å². The third-order valence-electron chi connectivity index (χ3n) is 6.57. The van der Waals surface area contributed by atoms with Crippen molar-refractivity contribution in [3.8, 4) is 6.07 Å². The molecule has 2 fully saturated rings. The normalized spacial score (nSPS) is 18.4. The van der Waals surface area contributed by atoms with Gasteiger partial charge in [0.05, 0.1) is 49.2 Å². The maximum atomic E-state index is 13.5. The number of aromatic nitrogens is 2. The van der Waals surface area contributed by atoms with Crippen LogP contribution in [0.5, 0.6) is 0 Å². The molecule has 192 valence electrons. The van der Waals surface area contributed by atoms with Gasteiger partial charge >= 0.3 is 6.18 Å². The number of nitriles is 1. The van der Waals surface area contributed by atoms with Crippen LogP contribution in [0.1, 0.15) is 30.4 Å². The highest BCUT2D eigenvalue weighted by Crippen LogP contribution is 2.36. The highest BCUT2D eigenvalue weighted by atomic mass is 19.4. The van der Waals surface area contributed by atoms with Crippen molar-refractivity contribution in [1.29, 1.82) is 5.26 Å². The Morgan fingerprint density at radius 1 is 1.17 bits per heavy atom. The summed E-state index contributed by atoms with van der Waals surface area (Å²) < 4.78 is 46.0. The van der Waals surface area contributed by atoms with Gasteiger partial charge in [-0.05, 0) is 37.1 Å². The number of nitrogens with zero attached hydrogens (tertiary/aromatic N) is 5. The van der Waals surface area contributed by atoms with Crippen LogP contribution in [0, 0.1) is 11.3 Å². The van der Waals surface area contributed by atoms with E-state index < -0.39 is 17.3 Å². The molecular weight excluding hydrogens is 477 g/mol. The summed E-state index contributed by atoms with van der Waals surface area (Å²) in [6.07, 6.45) is -2.29. The van der Waals surface area contributed by atoms with Crippen LogP contribution in [0.4, 0.5) is 24.5 Å². The minimum atomic E-state index is -4.80. The van der Waals surface area contributed by atoms with E-state index >= 15 is 0 Å².